The third kappa shape index (κ3) is 7.87. The molecule has 0 amide bonds. The molecule has 0 saturated heterocycles. The quantitative estimate of drug-likeness (QED) is 0.561. The number of halogens is 4. The molecule has 0 aliphatic heterocycles. The Kier molecular flexibility index (Phi) is 7.45. The lowest BCUT2D eigenvalue weighted by Gasteiger charge is -2.12. The van der Waals surface area contributed by atoms with Crippen molar-refractivity contribution < 1.29 is 27.0 Å². The summed E-state index contributed by atoms with van der Waals surface area (Å²) in [6, 6.07) is 4.17. The van der Waals surface area contributed by atoms with Gasteiger partial charge in [0.25, 0.3) is 0 Å². The second-order valence-corrected chi connectivity index (χ2v) is 4.40. The summed E-state index contributed by atoms with van der Waals surface area (Å²) < 4.78 is 58.6. The molecule has 120 valence electrons. The molecule has 0 aliphatic rings. The molecule has 1 rings (SSSR count). The Morgan fingerprint density at radius 1 is 1.19 bits per heavy atom. The Balaban J connectivity index is 2.34. The van der Waals surface area contributed by atoms with E-state index in [-0.39, 0.29) is 19.0 Å². The number of rotatable bonds is 9. The van der Waals surface area contributed by atoms with Gasteiger partial charge in [0.05, 0.1) is 13.2 Å². The summed E-state index contributed by atoms with van der Waals surface area (Å²) in [4.78, 5) is 0. The Morgan fingerprint density at radius 3 is 2.62 bits per heavy atom. The monoisotopic (exact) mass is 309 g/mol. The molecular formula is C14H19F4NO2. The topological polar surface area (TPSA) is 30.5 Å². The van der Waals surface area contributed by atoms with Crippen LogP contribution in [0.5, 0.6) is 5.75 Å². The molecule has 0 radical (unpaired) electrons. The molecule has 0 saturated carbocycles. The third-order valence-electron chi connectivity index (χ3n) is 2.54. The van der Waals surface area contributed by atoms with Crippen molar-refractivity contribution in [1.82, 2.24) is 5.32 Å². The van der Waals surface area contributed by atoms with Crippen LogP contribution in [0.2, 0.25) is 0 Å². The van der Waals surface area contributed by atoms with Gasteiger partial charge in [-0.05, 0) is 24.7 Å². The van der Waals surface area contributed by atoms with Crippen LogP contribution in [0.3, 0.4) is 0 Å². The minimum absolute atomic E-state index is 0.0384. The highest BCUT2D eigenvalue weighted by atomic mass is 19.4. The normalized spacial score (nSPS) is 11.7. The van der Waals surface area contributed by atoms with Crippen LogP contribution in [0.25, 0.3) is 0 Å². The first kappa shape index (κ1) is 17.7. The van der Waals surface area contributed by atoms with Crippen LogP contribution in [0.1, 0.15) is 18.9 Å². The summed E-state index contributed by atoms with van der Waals surface area (Å²) in [7, 11) is 0. The van der Waals surface area contributed by atoms with Crippen molar-refractivity contribution in [2.75, 3.05) is 26.4 Å². The fourth-order valence-electron chi connectivity index (χ4n) is 1.62. The molecule has 7 heteroatoms. The van der Waals surface area contributed by atoms with Gasteiger partial charge in [-0.25, -0.2) is 4.39 Å². The summed E-state index contributed by atoms with van der Waals surface area (Å²) >= 11 is 0. The lowest BCUT2D eigenvalue weighted by atomic mass is 10.2. The molecule has 21 heavy (non-hydrogen) atoms. The van der Waals surface area contributed by atoms with Gasteiger partial charge in [-0.15, -0.1) is 0 Å². The Labute approximate surface area is 121 Å². The van der Waals surface area contributed by atoms with E-state index >= 15 is 0 Å². The van der Waals surface area contributed by atoms with E-state index in [1.165, 1.54) is 18.2 Å². The molecule has 0 bridgehead atoms. The van der Waals surface area contributed by atoms with E-state index in [2.05, 4.69) is 10.1 Å². The van der Waals surface area contributed by atoms with E-state index in [1.54, 1.807) is 0 Å². The summed E-state index contributed by atoms with van der Waals surface area (Å²) in [5.74, 6) is 0.164. The van der Waals surface area contributed by atoms with Gasteiger partial charge in [-0.2, -0.15) is 13.2 Å². The molecule has 1 aromatic carbocycles. The maximum atomic E-state index is 13.2. The zero-order valence-electron chi connectivity index (χ0n) is 11.8. The average molecular weight is 309 g/mol. The zero-order valence-corrected chi connectivity index (χ0v) is 11.8. The standard InChI is InChI=1S/C14H19F4NO2/c1-2-19-9-11-8-12(15)4-5-13(11)21-7-3-6-20-10-14(16,17)18/h4-5,8,19H,2-3,6-7,9-10H2,1H3. The van der Waals surface area contributed by atoms with E-state index in [4.69, 9.17) is 4.74 Å². The number of benzene rings is 1. The van der Waals surface area contributed by atoms with Gasteiger partial charge in [0.15, 0.2) is 0 Å². The smallest absolute Gasteiger partial charge is 0.411 e. The lowest BCUT2D eigenvalue weighted by Crippen LogP contribution is -2.18. The fraction of sp³-hybridized carbons (Fsp3) is 0.571. The first-order valence-electron chi connectivity index (χ1n) is 6.69. The highest BCUT2D eigenvalue weighted by Crippen LogP contribution is 2.20. The van der Waals surface area contributed by atoms with Crippen molar-refractivity contribution in [3.8, 4) is 5.75 Å². The molecule has 3 nitrogen and oxygen atoms in total. The molecule has 0 unspecified atom stereocenters. The second kappa shape index (κ2) is 8.84. The van der Waals surface area contributed by atoms with E-state index in [1.807, 2.05) is 6.92 Å². The predicted molar refractivity (Wildman–Crippen MR) is 70.8 cm³/mol. The summed E-state index contributed by atoms with van der Waals surface area (Å²) in [5, 5.41) is 3.06. The van der Waals surface area contributed by atoms with Gasteiger partial charge < -0.3 is 14.8 Å². The van der Waals surface area contributed by atoms with Crippen molar-refractivity contribution in [3.05, 3.63) is 29.6 Å². The number of ether oxygens (including phenoxy) is 2. The van der Waals surface area contributed by atoms with Crippen molar-refractivity contribution in [2.24, 2.45) is 0 Å². The van der Waals surface area contributed by atoms with Gasteiger partial charge >= 0.3 is 6.18 Å². The van der Waals surface area contributed by atoms with Crippen molar-refractivity contribution in [1.29, 1.82) is 0 Å². The van der Waals surface area contributed by atoms with Crippen LogP contribution in [0.4, 0.5) is 17.6 Å². The van der Waals surface area contributed by atoms with Gasteiger partial charge in [-0.3, -0.25) is 0 Å². The van der Waals surface area contributed by atoms with E-state index < -0.39 is 12.8 Å². The minimum atomic E-state index is -4.31. The SMILES string of the molecule is CCNCc1cc(F)ccc1OCCCOCC(F)(F)F. The molecule has 0 atom stereocenters. The van der Waals surface area contributed by atoms with Crippen molar-refractivity contribution >= 4 is 0 Å². The van der Waals surface area contributed by atoms with Crippen LogP contribution in [-0.2, 0) is 11.3 Å². The van der Waals surface area contributed by atoms with Crippen molar-refractivity contribution in [2.45, 2.75) is 26.1 Å². The van der Waals surface area contributed by atoms with Gasteiger partial charge in [0, 0.05) is 18.5 Å². The number of nitrogens with one attached hydrogen (secondary N) is 1. The van der Waals surface area contributed by atoms with Gasteiger partial charge in [-0.1, -0.05) is 6.92 Å². The molecule has 1 N–H and O–H groups in total. The minimum Gasteiger partial charge on any atom is -0.493 e. The lowest BCUT2D eigenvalue weighted by molar-refractivity contribution is -0.174. The Morgan fingerprint density at radius 2 is 1.95 bits per heavy atom. The Bertz CT molecular complexity index is 424. The van der Waals surface area contributed by atoms with E-state index in [9.17, 15) is 17.6 Å². The van der Waals surface area contributed by atoms with Crippen LogP contribution >= 0.6 is 0 Å². The Hall–Kier alpha value is -1.34. The molecule has 1 aromatic rings. The molecule has 0 fully saturated rings. The number of alkyl halides is 3. The molecular weight excluding hydrogens is 290 g/mol. The van der Waals surface area contributed by atoms with Gasteiger partial charge in [0.2, 0.25) is 0 Å². The van der Waals surface area contributed by atoms with Gasteiger partial charge in [0.1, 0.15) is 18.2 Å². The first-order valence-corrected chi connectivity index (χ1v) is 6.69. The molecule has 0 aromatic heterocycles. The first-order chi connectivity index (χ1) is 9.92. The molecule has 0 aliphatic carbocycles. The highest BCUT2D eigenvalue weighted by Gasteiger charge is 2.27. The maximum absolute atomic E-state index is 13.2. The average Bonchev–Trinajstić information content (AvgIpc) is 2.40. The van der Waals surface area contributed by atoms with Crippen LogP contribution in [-0.4, -0.2) is 32.5 Å². The molecule has 0 spiro atoms. The van der Waals surface area contributed by atoms with Crippen LogP contribution in [0, 0.1) is 5.82 Å². The maximum Gasteiger partial charge on any atom is 0.411 e. The number of hydrogen-bond acceptors (Lipinski definition) is 3. The second-order valence-electron chi connectivity index (χ2n) is 4.40. The molecule has 0 heterocycles. The zero-order chi connectivity index (χ0) is 15.7. The third-order valence-corrected chi connectivity index (χ3v) is 2.54. The highest BCUT2D eigenvalue weighted by molar-refractivity contribution is 5.33. The predicted octanol–water partition coefficient (Wildman–Crippen LogP) is 3.28. The fourth-order valence-corrected chi connectivity index (χ4v) is 1.62. The largest absolute Gasteiger partial charge is 0.493 e. The summed E-state index contributed by atoms with van der Waals surface area (Å²) in [5.41, 5.74) is 0.674. The number of hydrogen-bond donors (Lipinski definition) is 1. The summed E-state index contributed by atoms with van der Waals surface area (Å²) in [6.07, 6.45) is -3.98. The summed E-state index contributed by atoms with van der Waals surface area (Å²) in [6.45, 7) is 2.05. The van der Waals surface area contributed by atoms with E-state index in [0.29, 0.717) is 24.3 Å². The van der Waals surface area contributed by atoms with Crippen molar-refractivity contribution in [3.63, 3.8) is 0 Å². The van der Waals surface area contributed by atoms with Crippen LogP contribution in [0.15, 0.2) is 18.2 Å². The van der Waals surface area contributed by atoms with Crippen LogP contribution < -0.4 is 10.1 Å². The van der Waals surface area contributed by atoms with E-state index in [0.717, 1.165) is 6.54 Å².